The van der Waals surface area contributed by atoms with Crippen LogP contribution in [0.4, 0.5) is 15.8 Å². The number of amides is 1. The predicted octanol–water partition coefficient (Wildman–Crippen LogP) is 3.70. The number of rotatable bonds is 5. The molecule has 6 heteroatoms. The van der Waals surface area contributed by atoms with Crippen LogP contribution in [0.5, 0.6) is 0 Å². The van der Waals surface area contributed by atoms with Crippen LogP contribution >= 0.6 is 11.8 Å². The fraction of sp³-hybridized carbons (Fsp3) is 0.350. The van der Waals surface area contributed by atoms with Crippen LogP contribution in [0.1, 0.15) is 6.42 Å². The molecule has 26 heavy (non-hydrogen) atoms. The van der Waals surface area contributed by atoms with Crippen molar-refractivity contribution in [1.29, 1.82) is 0 Å². The molecule has 0 saturated carbocycles. The predicted molar refractivity (Wildman–Crippen MR) is 107 cm³/mol. The molecule has 1 heterocycles. The fourth-order valence-electron chi connectivity index (χ4n) is 3.14. The molecule has 0 unspecified atom stereocenters. The van der Waals surface area contributed by atoms with Crippen molar-refractivity contribution in [1.82, 2.24) is 4.90 Å². The maximum Gasteiger partial charge on any atom is 0.238 e. The van der Waals surface area contributed by atoms with Gasteiger partial charge in [-0.05, 0) is 55.1 Å². The molecule has 1 fully saturated rings. The molecule has 1 N–H and O–H groups in total. The van der Waals surface area contributed by atoms with E-state index in [9.17, 15) is 9.18 Å². The second kappa shape index (κ2) is 9.05. The number of carbonyl (C=O) groups is 1. The van der Waals surface area contributed by atoms with Gasteiger partial charge in [-0.3, -0.25) is 9.69 Å². The molecular weight excluding hydrogens is 349 g/mol. The van der Waals surface area contributed by atoms with E-state index in [2.05, 4.69) is 15.1 Å². The minimum absolute atomic E-state index is 0.0125. The normalized spacial score (nSPS) is 15.5. The lowest BCUT2D eigenvalue weighted by Gasteiger charge is -2.23. The Morgan fingerprint density at radius 1 is 1.12 bits per heavy atom. The second-order valence-electron chi connectivity index (χ2n) is 6.37. The van der Waals surface area contributed by atoms with E-state index < -0.39 is 0 Å². The first-order valence-electron chi connectivity index (χ1n) is 8.81. The molecule has 1 aliphatic rings. The van der Waals surface area contributed by atoms with Gasteiger partial charge in [0.25, 0.3) is 0 Å². The summed E-state index contributed by atoms with van der Waals surface area (Å²) in [6, 6.07) is 14.5. The molecule has 0 bridgehead atoms. The number of benzene rings is 2. The summed E-state index contributed by atoms with van der Waals surface area (Å²) in [6.45, 7) is 3.84. The molecule has 2 aromatic carbocycles. The van der Waals surface area contributed by atoms with Crippen molar-refractivity contribution in [3.8, 4) is 0 Å². The highest BCUT2D eigenvalue weighted by Crippen LogP contribution is 2.19. The molecule has 2 aromatic rings. The molecule has 1 amide bonds. The number of hydrogen-bond acceptors (Lipinski definition) is 4. The van der Waals surface area contributed by atoms with Crippen molar-refractivity contribution in [3.63, 3.8) is 0 Å². The van der Waals surface area contributed by atoms with Crippen molar-refractivity contribution >= 4 is 29.0 Å². The minimum Gasteiger partial charge on any atom is -0.370 e. The van der Waals surface area contributed by atoms with E-state index in [1.54, 1.807) is 11.8 Å². The molecule has 0 spiro atoms. The molecule has 0 aliphatic carbocycles. The van der Waals surface area contributed by atoms with Crippen LogP contribution in [0, 0.1) is 5.82 Å². The highest BCUT2D eigenvalue weighted by Gasteiger charge is 2.17. The third-order valence-electron chi connectivity index (χ3n) is 4.50. The van der Waals surface area contributed by atoms with Gasteiger partial charge in [0.15, 0.2) is 0 Å². The lowest BCUT2D eigenvalue weighted by molar-refractivity contribution is -0.117. The Morgan fingerprint density at radius 3 is 2.69 bits per heavy atom. The first-order chi connectivity index (χ1) is 12.6. The summed E-state index contributed by atoms with van der Waals surface area (Å²) >= 11 is 1.66. The Balaban J connectivity index is 1.52. The quantitative estimate of drug-likeness (QED) is 0.811. The summed E-state index contributed by atoms with van der Waals surface area (Å²) in [6.07, 6.45) is 3.00. The standard InChI is InChI=1S/C20H24FN3OS/c1-26-19-5-2-4-17(14-19)22-20(25)15-23-10-3-11-24(13-12-23)18-8-6-16(21)7-9-18/h2,4-9,14H,3,10-13,15H2,1H3,(H,22,25). The Kier molecular flexibility index (Phi) is 6.52. The van der Waals surface area contributed by atoms with Gasteiger partial charge in [-0.25, -0.2) is 4.39 Å². The average Bonchev–Trinajstić information content (AvgIpc) is 2.88. The van der Waals surface area contributed by atoms with Crippen LogP contribution in [-0.2, 0) is 4.79 Å². The van der Waals surface area contributed by atoms with E-state index in [1.165, 1.54) is 12.1 Å². The third kappa shape index (κ3) is 5.22. The van der Waals surface area contributed by atoms with Gasteiger partial charge in [0, 0.05) is 42.4 Å². The monoisotopic (exact) mass is 373 g/mol. The van der Waals surface area contributed by atoms with Gasteiger partial charge in [-0.15, -0.1) is 11.8 Å². The molecule has 0 radical (unpaired) electrons. The number of nitrogens with one attached hydrogen (secondary N) is 1. The number of hydrogen-bond donors (Lipinski definition) is 1. The Labute approximate surface area is 158 Å². The van der Waals surface area contributed by atoms with Crippen molar-refractivity contribution in [2.75, 3.05) is 49.2 Å². The first kappa shape index (κ1) is 18.7. The summed E-state index contributed by atoms with van der Waals surface area (Å²) < 4.78 is 13.1. The molecule has 1 saturated heterocycles. The molecular formula is C20H24FN3OS. The zero-order valence-electron chi connectivity index (χ0n) is 15.0. The zero-order chi connectivity index (χ0) is 18.4. The Hall–Kier alpha value is -2.05. The van der Waals surface area contributed by atoms with Gasteiger partial charge in [-0.2, -0.15) is 0 Å². The number of anilines is 2. The van der Waals surface area contributed by atoms with E-state index >= 15 is 0 Å². The Morgan fingerprint density at radius 2 is 1.92 bits per heavy atom. The topological polar surface area (TPSA) is 35.6 Å². The lowest BCUT2D eigenvalue weighted by atomic mass is 10.2. The lowest BCUT2D eigenvalue weighted by Crippen LogP contribution is -2.36. The molecule has 1 aliphatic heterocycles. The molecule has 0 atom stereocenters. The highest BCUT2D eigenvalue weighted by atomic mass is 32.2. The van der Waals surface area contributed by atoms with Gasteiger partial charge < -0.3 is 10.2 Å². The highest BCUT2D eigenvalue weighted by molar-refractivity contribution is 7.98. The van der Waals surface area contributed by atoms with E-state index in [0.29, 0.717) is 6.54 Å². The van der Waals surface area contributed by atoms with Crippen molar-refractivity contribution in [2.24, 2.45) is 0 Å². The number of carbonyl (C=O) groups excluding carboxylic acids is 1. The minimum atomic E-state index is -0.215. The SMILES string of the molecule is CSc1cccc(NC(=O)CN2CCCN(c3ccc(F)cc3)CC2)c1. The fourth-order valence-corrected chi connectivity index (χ4v) is 3.60. The molecule has 3 rings (SSSR count). The van der Waals surface area contributed by atoms with Crippen molar-refractivity contribution < 1.29 is 9.18 Å². The summed E-state index contributed by atoms with van der Waals surface area (Å²) in [4.78, 5) is 17.9. The maximum absolute atomic E-state index is 13.1. The third-order valence-corrected chi connectivity index (χ3v) is 5.23. The Bertz CT molecular complexity index is 738. The maximum atomic E-state index is 13.1. The van der Waals surface area contributed by atoms with E-state index in [-0.39, 0.29) is 11.7 Å². The summed E-state index contributed by atoms with van der Waals surface area (Å²) in [7, 11) is 0. The van der Waals surface area contributed by atoms with Crippen LogP contribution in [0.25, 0.3) is 0 Å². The largest absolute Gasteiger partial charge is 0.370 e. The van der Waals surface area contributed by atoms with E-state index in [4.69, 9.17) is 0 Å². The smallest absolute Gasteiger partial charge is 0.238 e. The van der Waals surface area contributed by atoms with Gasteiger partial charge in [-0.1, -0.05) is 6.07 Å². The summed E-state index contributed by atoms with van der Waals surface area (Å²) in [5.74, 6) is -0.203. The number of halogens is 1. The molecule has 4 nitrogen and oxygen atoms in total. The van der Waals surface area contributed by atoms with Crippen LogP contribution in [0.3, 0.4) is 0 Å². The van der Waals surface area contributed by atoms with Crippen LogP contribution in [0.2, 0.25) is 0 Å². The van der Waals surface area contributed by atoms with Gasteiger partial charge in [0.2, 0.25) is 5.91 Å². The van der Waals surface area contributed by atoms with Crippen LogP contribution in [-0.4, -0.2) is 49.8 Å². The summed E-state index contributed by atoms with van der Waals surface area (Å²) in [5.41, 5.74) is 1.87. The molecule has 138 valence electrons. The van der Waals surface area contributed by atoms with Crippen LogP contribution in [0.15, 0.2) is 53.4 Å². The van der Waals surface area contributed by atoms with E-state index in [1.807, 2.05) is 42.7 Å². The zero-order valence-corrected chi connectivity index (χ0v) is 15.8. The number of nitrogens with zero attached hydrogens (tertiary/aromatic N) is 2. The van der Waals surface area contributed by atoms with E-state index in [0.717, 1.165) is 48.9 Å². The van der Waals surface area contributed by atoms with Gasteiger partial charge in [0.05, 0.1) is 6.54 Å². The second-order valence-corrected chi connectivity index (χ2v) is 7.25. The first-order valence-corrected chi connectivity index (χ1v) is 10.0. The molecule has 0 aromatic heterocycles. The summed E-state index contributed by atoms with van der Waals surface area (Å²) in [5, 5.41) is 2.98. The van der Waals surface area contributed by atoms with Gasteiger partial charge >= 0.3 is 0 Å². The van der Waals surface area contributed by atoms with Crippen molar-refractivity contribution in [2.45, 2.75) is 11.3 Å². The van der Waals surface area contributed by atoms with Gasteiger partial charge in [0.1, 0.15) is 5.82 Å². The van der Waals surface area contributed by atoms with Crippen molar-refractivity contribution in [3.05, 3.63) is 54.3 Å². The average molecular weight is 373 g/mol. The van der Waals surface area contributed by atoms with Crippen LogP contribution < -0.4 is 10.2 Å². The number of thioether (sulfide) groups is 1.